The summed E-state index contributed by atoms with van der Waals surface area (Å²) < 4.78 is 14.0. The Morgan fingerprint density at radius 1 is 1.50 bits per heavy atom. The van der Waals surface area contributed by atoms with Gasteiger partial charge in [-0.15, -0.1) is 0 Å². The lowest BCUT2D eigenvalue weighted by Gasteiger charge is -2.08. The zero-order valence-corrected chi connectivity index (χ0v) is 10.6. The molecule has 0 saturated carbocycles. The summed E-state index contributed by atoms with van der Waals surface area (Å²) in [6, 6.07) is 4.66. The molecule has 0 saturated heterocycles. The molecule has 5 heteroatoms. The second-order valence-corrected chi connectivity index (χ2v) is 4.24. The number of carbonyl (C=O) groups is 1. The second-order valence-electron chi connectivity index (χ2n) is 3.33. The van der Waals surface area contributed by atoms with Crippen LogP contribution in [0.5, 0.6) is 0 Å². The Morgan fingerprint density at radius 3 is 2.88 bits per heavy atom. The molecule has 1 aromatic carbocycles. The fraction of sp³-hybridized carbons (Fsp3) is 0.364. The van der Waals surface area contributed by atoms with Crippen LogP contribution in [0.25, 0.3) is 0 Å². The Bertz CT molecular complexity index is 371. The summed E-state index contributed by atoms with van der Waals surface area (Å²) in [6.45, 7) is 2.70. The molecule has 0 aliphatic heterocycles. The average Bonchev–Trinajstić information content (AvgIpc) is 2.25. The van der Waals surface area contributed by atoms with Gasteiger partial charge in [-0.05, 0) is 24.6 Å². The van der Waals surface area contributed by atoms with Crippen LogP contribution in [-0.4, -0.2) is 19.0 Å². The first-order chi connectivity index (χ1) is 7.63. The first kappa shape index (κ1) is 13.0. The van der Waals surface area contributed by atoms with Gasteiger partial charge in [-0.1, -0.05) is 22.9 Å². The van der Waals surface area contributed by atoms with Gasteiger partial charge in [0.25, 0.3) is 0 Å². The first-order valence-corrected chi connectivity index (χ1v) is 5.88. The summed E-state index contributed by atoms with van der Waals surface area (Å²) in [6.07, 6.45) is 0.887. The lowest BCUT2D eigenvalue weighted by Crippen LogP contribution is -2.30. The predicted molar refractivity (Wildman–Crippen MR) is 65.9 cm³/mol. The molecule has 1 rings (SSSR count). The van der Waals surface area contributed by atoms with Crippen LogP contribution in [0.3, 0.4) is 0 Å². The van der Waals surface area contributed by atoms with Gasteiger partial charge in [0.05, 0.1) is 12.2 Å². The Labute approximate surface area is 103 Å². The summed E-state index contributed by atoms with van der Waals surface area (Å²) in [5.74, 6) is -0.512. The summed E-state index contributed by atoms with van der Waals surface area (Å²) in [4.78, 5) is 11.2. The van der Waals surface area contributed by atoms with Gasteiger partial charge < -0.3 is 10.6 Å². The minimum Gasteiger partial charge on any atom is -0.374 e. The summed E-state index contributed by atoms with van der Waals surface area (Å²) in [7, 11) is 0. The normalized spacial score (nSPS) is 9.94. The molecular formula is C11H14BrFN2O. The van der Waals surface area contributed by atoms with E-state index >= 15 is 0 Å². The number of hydrogen-bond donors (Lipinski definition) is 2. The number of halogens is 2. The topological polar surface area (TPSA) is 41.1 Å². The number of benzene rings is 1. The zero-order chi connectivity index (χ0) is 12.0. The van der Waals surface area contributed by atoms with Gasteiger partial charge in [0.2, 0.25) is 5.91 Å². The molecule has 0 unspecified atom stereocenters. The van der Waals surface area contributed by atoms with E-state index in [9.17, 15) is 9.18 Å². The van der Waals surface area contributed by atoms with Crippen LogP contribution in [0.4, 0.5) is 10.1 Å². The van der Waals surface area contributed by atoms with Gasteiger partial charge >= 0.3 is 0 Å². The Hall–Kier alpha value is -1.10. The van der Waals surface area contributed by atoms with E-state index in [1.165, 1.54) is 6.07 Å². The number of anilines is 1. The van der Waals surface area contributed by atoms with Crippen LogP contribution in [0.15, 0.2) is 22.7 Å². The quantitative estimate of drug-likeness (QED) is 0.874. The molecule has 0 aliphatic carbocycles. The zero-order valence-electron chi connectivity index (χ0n) is 9.02. The van der Waals surface area contributed by atoms with Gasteiger partial charge in [0.1, 0.15) is 5.82 Å². The maximum absolute atomic E-state index is 13.3. The molecule has 1 aromatic rings. The maximum atomic E-state index is 13.3. The van der Waals surface area contributed by atoms with Gasteiger partial charge in [-0.2, -0.15) is 0 Å². The fourth-order valence-electron chi connectivity index (χ4n) is 1.14. The Kier molecular flexibility index (Phi) is 5.25. The van der Waals surface area contributed by atoms with E-state index < -0.39 is 0 Å². The van der Waals surface area contributed by atoms with Gasteiger partial charge in [0.15, 0.2) is 0 Å². The highest BCUT2D eigenvalue weighted by atomic mass is 79.9. The summed E-state index contributed by atoms with van der Waals surface area (Å²) >= 11 is 3.16. The largest absolute Gasteiger partial charge is 0.374 e. The number of hydrogen-bond acceptors (Lipinski definition) is 2. The summed E-state index contributed by atoms with van der Waals surface area (Å²) in [5.41, 5.74) is 0.329. The molecule has 0 atom stereocenters. The van der Waals surface area contributed by atoms with Crippen LogP contribution in [0.1, 0.15) is 13.3 Å². The summed E-state index contributed by atoms with van der Waals surface area (Å²) in [5, 5.41) is 5.44. The highest BCUT2D eigenvalue weighted by molar-refractivity contribution is 9.10. The van der Waals surface area contributed by atoms with Crippen molar-refractivity contribution in [1.29, 1.82) is 0 Å². The standard InChI is InChI=1S/C11H14BrFN2O/c1-2-5-14-11(16)7-15-10-4-3-8(12)6-9(10)13/h3-4,6,15H,2,5,7H2,1H3,(H,14,16). The molecule has 0 aliphatic rings. The molecule has 0 heterocycles. The highest BCUT2D eigenvalue weighted by Crippen LogP contribution is 2.18. The van der Waals surface area contributed by atoms with E-state index in [0.29, 0.717) is 16.7 Å². The van der Waals surface area contributed by atoms with Crippen LogP contribution < -0.4 is 10.6 Å². The van der Waals surface area contributed by atoms with Crippen LogP contribution in [-0.2, 0) is 4.79 Å². The molecule has 88 valence electrons. The van der Waals surface area contributed by atoms with Crippen molar-refractivity contribution in [3.05, 3.63) is 28.5 Å². The Balaban J connectivity index is 2.45. The van der Waals surface area contributed by atoms with Crippen molar-refractivity contribution in [2.75, 3.05) is 18.4 Å². The molecule has 0 aromatic heterocycles. The molecule has 0 bridgehead atoms. The van der Waals surface area contributed by atoms with Gasteiger partial charge in [-0.3, -0.25) is 4.79 Å². The minimum atomic E-state index is -0.377. The third-order valence-electron chi connectivity index (χ3n) is 1.94. The molecule has 0 radical (unpaired) electrons. The predicted octanol–water partition coefficient (Wildman–Crippen LogP) is 2.53. The SMILES string of the molecule is CCCNC(=O)CNc1ccc(Br)cc1F. The molecule has 0 fully saturated rings. The van der Waals surface area contributed by atoms with E-state index in [0.717, 1.165) is 6.42 Å². The van der Waals surface area contributed by atoms with Crippen molar-refractivity contribution in [2.45, 2.75) is 13.3 Å². The molecule has 3 nitrogen and oxygen atoms in total. The molecule has 2 N–H and O–H groups in total. The van der Waals surface area contributed by atoms with Crippen molar-refractivity contribution < 1.29 is 9.18 Å². The van der Waals surface area contributed by atoms with E-state index in [2.05, 4.69) is 26.6 Å². The monoisotopic (exact) mass is 288 g/mol. The van der Waals surface area contributed by atoms with Crippen LogP contribution >= 0.6 is 15.9 Å². The number of nitrogens with one attached hydrogen (secondary N) is 2. The maximum Gasteiger partial charge on any atom is 0.239 e. The fourth-order valence-corrected chi connectivity index (χ4v) is 1.47. The van der Waals surface area contributed by atoms with Crippen LogP contribution in [0, 0.1) is 5.82 Å². The molecule has 0 spiro atoms. The minimum absolute atomic E-state index is 0.0819. The van der Waals surface area contributed by atoms with Gasteiger partial charge in [-0.25, -0.2) is 4.39 Å². The van der Waals surface area contributed by atoms with Crippen molar-refractivity contribution in [2.24, 2.45) is 0 Å². The van der Waals surface area contributed by atoms with Crippen LogP contribution in [0.2, 0.25) is 0 Å². The van der Waals surface area contributed by atoms with E-state index in [1.54, 1.807) is 12.1 Å². The van der Waals surface area contributed by atoms with E-state index in [4.69, 9.17) is 0 Å². The van der Waals surface area contributed by atoms with E-state index in [1.807, 2.05) is 6.92 Å². The number of rotatable bonds is 5. The van der Waals surface area contributed by atoms with Crippen molar-refractivity contribution in [1.82, 2.24) is 5.32 Å². The average molecular weight is 289 g/mol. The third-order valence-corrected chi connectivity index (χ3v) is 2.44. The lowest BCUT2D eigenvalue weighted by atomic mass is 10.3. The van der Waals surface area contributed by atoms with Gasteiger partial charge in [0, 0.05) is 11.0 Å². The Morgan fingerprint density at radius 2 is 2.25 bits per heavy atom. The number of amides is 1. The highest BCUT2D eigenvalue weighted by Gasteiger charge is 2.04. The molecule has 16 heavy (non-hydrogen) atoms. The molecule has 1 amide bonds. The second kappa shape index (κ2) is 6.48. The smallest absolute Gasteiger partial charge is 0.239 e. The molecular weight excluding hydrogens is 275 g/mol. The van der Waals surface area contributed by atoms with Crippen molar-refractivity contribution in [3.8, 4) is 0 Å². The van der Waals surface area contributed by atoms with Crippen molar-refractivity contribution >= 4 is 27.5 Å². The first-order valence-electron chi connectivity index (χ1n) is 5.09. The van der Waals surface area contributed by atoms with E-state index in [-0.39, 0.29) is 18.3 Å². The third kappa shape index (κ3) is 4.18. The lowest BCUT2D eigenvalue weighted by molar-refractivity contribution is -0.119. The van der Waals surface area contributed by atoms with Crippen molar-refractivity contribution in [3.63, 3.8) is 0 Å². The number of carbonyl (C=O) groups excluding carboxylic acids is 1.